The first kappa shape index (κ1) is 19.1. The van der Waals surface area contributed by atoms with E-state index in [1.165, 1.54) is 6.42 Å². The van der Waals surface area contributed by atoms with Crippen molar-refractivity contribution in [1.82, 2.24) is 5.32 Å². The average Bonchev–Trinajstić information content (AvgIpc) is 2.33. The van der Waals surface area contributed by atoms with Crippen LogP contribution in [-0.2, 0) is 0 Å². The second-order valence-electron chi connectivity index (χ2n) is 4.79. The third-order valence-corrected chi connectivity index (χ3v) is 2.45. The molecule has 5 heteroatoms. The summed E-state index contributed by atoms with van der Waals surface area (Å²) in [7, 11) is 0. The molecule has 3 unspecified atom stereocenters. The van der Waals surface area contributed by atoms with Crippen molar-refractivity contribution in [1.29, 1.82) is 0 Å². The third-order valence-electron chi connectivity index (χ3n) is 2.45. The van der Waals surface area contributed by atoms with E-state index in [1.807, 2.05) is 13.8 Å². The van der Waals surface area contributed by atoms with E-state index in [9.17, 15) is 0 Å². The van der Waals surface area contributed by atoms with Crippen molar-refractivity contribution in [3.63, 3.8) is 0 Å². The Bertz CT molecular complexity index is 141. The lowest BCUT2D eigenvalue weighted by Gasteiger charge is -2.12. The maximum Gasteiger partial charge on any atom is 0.0162 e. The van der Waals surface area contributed by atoms with Crippen LogP contribution in [0.4, 0.5) is 0 Å². The summed E-state index contributed by atoms with van der Waals surface area (Å²) in [5.41, 5.74) is 21.5. The van der Waals surface area contributed by atoms with Crippen LogP contribution < -0.4 is 28.3 Å². The lowest BCUT2D eigenvalue weighted by molar-refractivity contribution is 0.523. The monoisotopic (exact) mass is 247 g/mol. The highest BCUT2D eigenvalue weighted by molar-refractivity contribution is 4.64. The van der Waals surface area contributed by atoms with Crippen molar-refractivity contribution >= 4 is 0 Å². The minimum atomic E-state index is 0.221. The lowest BCUT2D eigenvalue weighted by Crippen LogP contribution is -2.40. The molecule has 0 radical (unpaired) electrons. The van der Waals surface area contributed by atoms with E-state index >= 15 is 0 Å². The molecule has 0 heterocycles. The van der Waals surface area contributed by atoms with Crippen molar-refractivity contribution in [3.8, 4) is 0 Å². The predicted molar refractivity (Wildman–Crippen MR) is 76.7 cm³/mol. The molecule has 0 aliphatic carbocycles. The van der Waals surface area contributed by atoms with Crippen LogP contribution in [0.15, 0.2) is 0 Å². The van der Waals surface area contributed by atoms with Gasteiger partial charge in [-0.1, -0.05) is 6.92 Å². The fourth-order valence-electron chi connectivity index (χ4n) is 1.05. The van der Waals surface area contributed by atoms with Gasteiger partial charge in [0.15, 0.2) is 0 Å². The van der Waals surface area contributed by atoms with Crippen LogP contribution in [0.25, 0.3) is 0 Å². The van der Waals surface area contributed by atoms with Crippen LogP contribution in [-0.4, -0.2) is 38.3 Å². The summed E-state index contributed by atoms with van der Waals surface area (Å²) in [4.78, 5) is 0. The largest absolute Gasteiger partial charge is 0.330 e. The Morgan fingerprint density at radius 2 is 1.59 bits per heavy atom. The molecule has 0 fully saturated rings. The van der Waals surface area contributed by atoms with Gasteiger partial charge in [0.05, 0.1) is 0 Å². The maximum atomic E-state index is 5.49. The Morgan fingerprint density at radius 3 is 1.94 bits per heavy atom. The molecule has 0 saturated carbocycles. The number of hydrogen-bond acceptors (Lipinski definition) is 5. The van der Waals surface area contributed by atoms with Gasteiger partial charge in [0.1, 0.15) is 0 Å². The van der Waals surface area contributed by atoms with Gasteiger partial charge in [-0.25, -0.2) is 0 Å². The summed E-state index contributed by atoms with van der Waals surface area (Å²) >= 11 is 0. The minimum Gasteiger partial charge on any atom is -0.330 e. The Hall–Kier alpha value is -0.200. The van der Waals surface area contributed by atoms with Crippen LogP contribution in [0, 0.1) is 5.92 Å². The first-order valence-corrected chi connectivity index (χ1v) is 6.57. The number of nitrogens with two attached hydrogens (primary N) is 4. The zero-order valence-corrected chi connectivity index (χ0v) is 11.8. The normalized spacial score (nSPS) is 15.7. The van der Waals surface area contributed by atoms with E-state index in [0.29, 0.717) is 18.5 Å². The molecular formula is C12H33N5. The zero-order valence-electron chi connectivity index (χ0n) is 11.8. The summed E-state index contributed by atoms with van der Waals surface area (Å²) in [6, 6.07) is 0.606. The van der Waals surface area contributed by atoms with Crippen molar-refractivity contribution in [3.05, 3.63) is 0 Å². The van der Waals surface area contributed by atoms with E-state index in [0.717, 1.165) is 26.1 Å². The number of hydrogen-bond donors (Lipinski definition) is 5. The lowest BCUT2D eigenvalue weighted by atomic mass is 10.1. The van der Waals surface area contributed by atoms with Gasteiger partial charge in [-0.2, -0.15) is 0 Å². The van der Waals surface area contributed by atoms with Crippen molar-refractivity contribution in [2.24, 2.45) is 28.9 Å². The molecule has 0 saturated heterocycles. The Morgan fingerprint density at radius 1 is 1.00 bits per heavy atom. The van der Waals surface area contributed by atoms with Gasteiger partial charge in [0, 0.05) is 25.2 Å². The van der Waals surface area contributed by atoms with E-state index in [-0.39, 0.29) is 6.04 Å². The van der Waals surface area contributed by atoms with Crippen LogP contribution in [0.5, 0.6) is 0 Å². The van der Waals surface area contributed by atoms with Crippen LogP contribution in [0.3, 0.4) is 0 Å². The van der Waals surface area contributed by atoms with Gasteiger partial charge < -0.3 is 28.3 Å². The topological polar surface area (TPSA) is 116 Å². The van der Waals surface area contributed by atoms with Crippen LogP contribution >= 0.6 is 0 Å². The second kappa shape index (κ2) is 13.9. The van der Waals surface area contributed by atoms with Gasteiger partial charge in [-0.05, 0) is 45.7 Å². The summed E-state index contributed by atoms with van der Waals surface area (Å²) in [5, 5.41) is 3.18. The molecule has 0 aromatic rings. The summed E-state index contributed by atoms with van der Waals surface area (Å²) in [5.74, 6) is 0.651. The standard InChI is InChI=1S/C6H17N3.C6H16N2/c1-5(8)4-9-6(2)3-7;1-6(5-8)3-2-4-7/h5-6,9H,3-4,7-8H2,1-2H3;6H,2-5,7-8H2,1H3. The van der Waals surface area contributed by atoms with Gasteiger partial charge in [0.2, 0.25) is 0 Å². The van der Waals surface area contributed by atoms with Crippen LogP contribution in [0.1, 0.15) is 33.6 Å². The quantitative estimate of drug-likeness (QED) is 0.400. The van der Waals surface area contributed by atoms with E-state index in [4.69, 9.17) is 22.9 Å². The molecule has 0 aliphatic rings. The first-order valence-electron chi connectivity index (χ1n) is 6.57. The minimum absolute atomic E-state index is 0.221. The maximum absolute atomic E-state index is 5.49. The van der Waals surface area contributed by atoms with Gasteiger partial charge in [-0.15, -0.1) is 0 Å². The first-order chi connectivity index (χ1) is 7.97. The number of nitrogens with one attached hydrogen (secondary N) is 1. The third kappa shape index (κ3) is 18.4. The van der Waals surface area contributed by atoms with E-state index in [1.54, 1.807) is 0 Å². The zero-order chi connectivity index (χ0) is 13.7. The SMILES string of the molecule is CC(CN)CCCN.CC(N)CNC(C)CN. The molecule has 106 valence electrons. The molecule has 17 heavy (non-hydrogen) atoms. The fourth-order valence-corrected chi connectivity index (χ4v) is 1.05. The molecule has 3 atom stereocenters. The Labute approximate surface area is 107 Å². The molecule has 5 nitrogen and oxygen atoms in total. The average molecular weight is 247 g/mol. The van der Waals surface area contributed by atoms with Gasteiger partial charge in [-0.3, -0.25) is 0 Å². The van der Waals surface area contributed by atoms with Crippen LogP contribution in [0.2, 0.25) is 0 Å². The Kier molecular flexibility index (Phi) is 15.6. The molecule has 0 amide bonds. The molecule has 0 aliphatic heterocycles. The van der Waals surface area contributed by atoms with Gasteiger partial charge in [0.25, 0.3) is 0 Å². The summed E-state index contributed by atoms with van der Waals surface area (Å²) < 4.78 is 0. The number of rotatable bonds is 8. The van der Waals surface area contributed by atoms with Crippen molar-refractivity contribution < 1.29 is 0 Å². The molecule has 0 aromatic carbocycles. The highest BCUT2D eigenvalue weighted by Crippen LogP contribution is 2.00. The summed E-state index contributed by atoms with van der Waals surface area (Å²) in [6.45, 7) is 9.27. The predicted octanol–water partition coefficient (Wildman–Crippen LogP) is -0.409. The molecule has 9 N–H and O–H groups in total. The van der Waals surface area contributed by atoms with Crippen molar-refractivity contribution in [2.45, 2.75) is 45.7 Å². The summed E-state index contributed by atoms with van der Waals surface area (Å²) in [6.07, 6.45) is 2.28. The smallest absolute Gasteiger partial charge is 0.0162 e. The molecule has 0 bridgehead atoms. The highest BCUT2D eigenvalue weighted by Gasteiger charge is 1.97. The fraction of sp³-hybridized carbons (Fsp3) is 1.00. The van der Waals surface area contributed by atoms with Crippen molar-refractivity contribution in [2.75, 3.05) is 26.2 Å². The molecular weight excluding hydrogens is 214 g/mol. The molecule has 0 spiro atoms. The Balaban J connectivity index is 0. The molecule has 0 aromatic heterocycles. The molecule has 0 rings (SSSR count). The van der Waals surface area contributed by atoms with E-state index in [2.05, 4.69) is 12.2 Å². The van der Waals surface area contributed by atoms with E-state index < -0.39 is 0 Å². The highest BCUT2D eigenvalue weighted by atomic mass is 14.9. The van der Waals surface area contributed by atoms with Gasteiger partial charge >= 0.3 is 0 Å². The second-order valence-corrected chi connectivity index (χ2v) is 4.79.